The Kier molecular flexibility index (Phi) is 4.55. The Bertz CT molecular complexity index is 855. The number of hydrogen-bond acceptors (Lipinski definition) is 4. The summed E-state index contributed by atoms with van der Waals surface area (Å²) in [6.45, 7) is 2.33. The number of carbonyl (C=O) groups is 1. The van der Waals surface area contributed by atoms with Crippen molar-refractivity contribution in [3.05, 3.63) is 53.9 Å². The fourth-order valence-corrected chi connectivity index (χ4v) is 4.71. The summed E-state index contributed by atoms with van der Waals surface area (Å²) in [7, 11) is 0. The minimum absolute atomic E-state index is 0.00898. The Labute approximate surface area is 166 Å². The highest BCUT2D eigenvalue weighted by atomic mass is 16.5. The first-order chi connectivity index (χ1) is 13.7. The maximum atomic E-state index is 12.4. The Hall–Kier alpha value is -2.40. The van der Waals surface area contributed by atoms with Crippen molar-refractivity contribution in [3.8, 4) is 5.75 Å². The summed E-state index contributed by atoms with van der Waals surface area (Å²) in [5.74, 6) is 0.879. The zero-order chi connectivity index (χ0) is 19.0. The fourth-order valence-electron chi connectivity index (χ4n) is 4.71. The van der Waals surface area contributed by atoms with Crippen molar-refractivity contribution in [1.29, 1.82) is 0 Å². The van der Waals surface area contributed by atoms with E-state index in [2.05, 4.69) is 21.3 Å². The third-order valence-corrected chi connectivity index (χ3v) is 6.74. The molecule has 5 rings (SSSR count). The number of nitrogens with zero attached hydrogens (tertiary/aromatic N) is 2. The van der Waals surface area contributed by atoms with Gasteiger partial charge in [0.1, 0.15) is 11.4 Å². The van der Waals surface area contributed by atoms with E-state index in [9.17, 15) is 4.79 Å². The van der Waals surface area contributed by atoms with E-state index in [0.29, 0.717) is 5.56 Å². The summed E-state index contributed by atoms with van der Waals surface area (Å²) in [5, 5.41) is 2.98. The van der Waals surface area contributed by atoms with Gasteiger partial charge in [0.05, 0.1) is 0 Å². The topological polar surface area (TPSA) is 54.5 Å². The number of amides is 1. The van der Waals surface area contributed by atoms with Crippen LogP contribution in [0.25, 0.3) is 0 Å². The summed E-state index contributed by atoms with van der Waals surface area (Å²) in [6, 6.07) is 10.3. The van der Waals surface area contributed by atoms with E-state index < -0.39 is 0 Å². The molecule has 1 amide bonds. The maximum absolute atomic E-state index is 12.4. The number of likely N-dealkylation sites (tertiary alicyclic amines) is 1. The molecule has 2 fully saturated rings. The highest BCUT2D eigenvalue weighted by Crippen LogP contribution is 2.41. The van der Waals surface area contributed by atoms with Gasteiger partial charge in [0.2, 0.25) is 0 Å². The van der Waals surface area contributed by atoms with Crippen molar-refractivity contribution >= 4 is 11.6 Å². The predicted molar refractivity (Wildman–Crippen MR) is 109 cm³/mol. The molecule has 1 aromatic carbocycles. The van der Waals surface area contributed by atoms with Gasteiger partial charge >= 0.3 is 0 Å². The number of ether oxygens (including phenoxy) is 1. The molecule has 3 heterocycles. The first kappa shape index (κ1) is 17.7. The van der Waals surface area contributed by atoms with Crippen LogP contribution in [0.1, 0.15) is 54.4 Å². The van der Waals surface area contributed by atoms with Crippen LogP contribution in [0, 0.1) is 0 Å². The number of benzene rings is 1. The average Bonchev–Trinajstić information content (AvgIpc) is 2.69. The summed E-state index contributed by atoms with van der Waals surface area (Å²) < 4.78 is 6.54. The summed E-state index contributed by atoms with van der Waals surface area (Å²) in [5.41, 5.74) is 2.63. The lowest BCUT2D eigenvalue weighted by Crippen LogP contribution is -2.53. The van der Waals surface area contributed by atoms with Gasteiger partial charge < -0.3 is 15.0 Å². The van der Waals surface area contributed by atoms with Gasteiger partial charge in [-0.15, -0.1) is 0 Å². The van der Waals surface area contributed by atoms with Gasteiger partial charge in [-0.3, -0.25) is 9.78 Å². The second kappa shape index (κ2) is 7.21. The molecule has 2 aliphatic heterocycles. The minimum atomic E-state index is -0.112. The molecule has 1 N–H and O–H groups in total. The van der Waals surface area contributed by atoms with Crippen LogP contribution < -0.4 is 10.1 Å². The van der Waals surface area contributed by atoms with E-state index in [0.717, 1.165) is 43.2 Å². The van der Waals surface area contributed by atoms with Crippen molar-refractivity contribution in [1.82, 2.24) is 9.88 Å². The highest BCUT2D eigenvalue weighted by Gasteiger charge is 2.41. The van der Waals surface area contributed by atoms with Crippen LogP contribution >= 0.6 is 0 Å². The number of hydrogen-bond donors (Lipinski definition) is 1. The van der Waals surface area contributed by atoms with Gasteiger partial charge in [0.25, 0.3) is 5.91 Å². The molecule has 2 aromatic rings. The van der Waals surface area contributed by atoms with Crippen LogP contribution in [-0.2, 0) is 6.42 Å². The van der Waals surface area contributed by atoms with Crippen molar-refractivity contribution < 1.29 is 9.53 Å². The monoisotopic (exact) mass is 377 g/mol. The quantitative estimate of drug-likeness (QED) is 0.877. The molecule has 1 saturated heterocycles. The molecule has 146 valence electrons. The molecule has 5 nitrogen and oxygen atoms in total. The van der Waals surface area contributed by atoms with Gasteiger partial charge in [0, 0.05) is 42.8 Å². The van der Waals surface area contributed by atoms with Crippen LogP contribution in [0.3, 0.4) is 0 Å². The average molecular weight is 377 g/mol. The van der Waals surface area contributed by atoms with Crippen molar-refractivity contribution in [2.45, 2.75) is 56.6 Å². The van der Waals surface area contributed by atoms with Gasteiger partial charge in [-0.2, -0.15) is 0 Å². The molecule has 28 heavy (non-hydrogen) atoms. The number of anilines is 1. The summed E-state index contributed by atoms with van der Waals surface area (Å²) in [4.78, 5) is 19.0. The van der Waals surface area contributed by atoms with E-state index in [1.165, 1.54) is 37.9 Å². The van der Waals surface area contributed by atoms with Crippen molar-refractivity contribution in [2.24, 2.45) is 0 Å². The molecule has 1 saturated carbocycles. The molecule has 5 heteroatoms. The normalized spacial score (nSPS) is 21.4. The zero-order valence-corrected chi connectivity index (χ0v) is 16.2. The predicted octanol–water partition coefficient (Wildman–Crippen LogP) is 4.05. The lowest BCUT2D eigenvalue weighted by atomic mass is 9.81. The van der Waals surface area contributed by atoms with Crippen molar-refractivity contribution in [2.75, 3.05) is 18.4 Å². The van der Waals surface area contributed by atoms with Gasteiger partial charge in [-0.05, 0) is 74.4 Å². The molecular formula is C23H27N3O2. The second-order valence-electron chi connectivity index (χ2n) is 8.42. The SMILES string of the molecule is O=C(Nc1ccc2c(c1)CCC1(CCN(C3CCC3)CC1)O2)c1ccncc1. The number of piperidine rings is 1. The second-order valence-corrected chi connectivity index (χ2v) is 8.42. The minimum Gasteiger partial charge on any atom is -0.487 e. The number of aromatic nitrogens is 1. The van der Waals surface area contributed by atoms with Crippen LogP contribution in [0.4, 0.5) is 5.69 Å². The number of nitrogens with one attached hydrogen (secondary N) is 1. The van der Waals surface area contributed by atoms with Crippen LogP contribution in [0.15, 0.2) is 42.7 Å². The third-order valence-electron chi connectivity index (χ3n) is 6.74. The highest BCUT2D eigenvalue weighted by molar-refractivity contribution is 6.04. The Morgan fingerprint density at radius 1 is 1.11 bits per heavy atom. The standard InChI is InChI=1S/C23H27N3O2/c27-22(17-7-12-24-13-8-17)25-19-4-5-21-18(16-19)6-9-23(28-21)10-14-26(15-11-23)20-2-1-3-20/h4-5,7-8,12-13,16,20H,1-3,6,9-11,14-15H2,(H,25,27). The lowest BCUT2D eigenvalue weighted by molar-refractivity contribution is -0.0336. The molecule has 1 aromatic heterocycles. The van der Waals surface area contributed by atoms with E-state index in [1.807, 2.05) is 12.1 Å². The van der Waals surface area contributed by atoms with E-state index in [4.69, 9.17) is 4.74 Å². The molecule has 0 unspecified atom stereocenters. The molecule has 1 aliphatic carbocycles. The molecule has 0 atom stereocenters. The summed E-state index contributed by atoms with van der Waals surface area (Å²) in [6.07, 6.45) is 11.8. The van der Waals surface area contributed by atoms with E-state index in [-0.39, 0.29) is 11.5 Å². The fraction of sp³-hybridized carbons (Fsp3) is 0.478. The van der Waals surface area contributed by atoms with Crippen LogP contribution in [-0.4, -0.2) is 40.5 Å². The van der Waals surface area contributed by atoms with E-state index in [1.54, 1.807) is 24.5 Å². The lowest BCUT2D eigenvalue weighted by Gasteiger charge is -2.48. The van der Waals surface area contributed by atoms with Crippen molar-refractivity contribution in [3.63, 3.8) is 0 Å². The Balaban J connectivity index is 1.24. The zero-order valence-electron chi connectivity index (χ0n) is 16.2. The van der Waals surface area contributed by atoms with Gasteiger partial charge in [0.15, 0.2) is 0 Å². The Morgan fingerprint density at radius 3 is 2.61 bits per heavy atom. The molecule has 0 bridgehead atoms. The molecular weight excluding hydrogens is 350 g/mol. The third kappa shape index (κ3) is 3.39. The number of fused-ring (bicyclic) bond motifs is 1. The van der Waals surface area contributed by atoms with E-state index >= 15 is 0 Å². The van der Waals surface area contributed by atoms with Crippen LogP contribution in [0.2, 0.25) is 0 Å². The first-order valence-electron chi connectivity index (χ1n) is 10.5. The number of pyridine rings is 1. The number of carbonyl (C=O) groups excluding carboxylic acids is 1. The summed E-state index contributed by atoms with van der Waals surface area (Å²) >= 11 is 0. The first-order valence-corrected chi connectivity index (χ1v) is 10.5. The number of rotatable bonds is 3. The van der Waals surface area contributed by atoms with Gasteiger partial charge in [-0.25, -0.2) is 0 Å². The molecule has 3 aliphatic rings. The molecule has 1 spiro atoms. The Morgan fingerprint density at radius 2 is 1.89 bits per heavy atom. The smallest absolute Gasteiger partial charge is 0.255 e. The maximum Gasteiger partial charge on any atom is 0.255 e. The van der Waals surface area contributed by atoms with Gasteiger partial charge in [-0.1, -0.05) is 6.42 Å². The molecule has 0 radical (unpaired) electrons. The van der Waals surface area contributed by atoms with Crippen LogP contribution in [0.5, 0.6) is 5.75 Å². The largest absolute Gasteiger partial charge is 0.487 e. The number of aryl methyl sites for hydroxylation is 1.